The number of rotatable bonds is 4. The van der Waals surface area contributed by atoms with E-state index in [1.54, 1.807) is 0 Å². The van der Waals surface area contributed by atoms with Gasteiger partial charge in [0.05, 0.1) is 0 Å². The van der Waals surface area contributed by atoms with E-state index in [9.17, 15) is 0 Å². The van der Waals surface area contributed by atoms with Crippen molar-refractivity contribution in [3.8, 4) is 0 Å². The molecule has 0 aliphatic carbocycles. The zero-order valence-electron chi connectivity index (χ0n) is 9.12. The minimum Gasteiger partial charge on any atom is -0.0946 e. The van der Waals surface area contributed by atoms with Crippen LogP contribution in [0.25, 0.3) is 0 Å². The lowest BCUT2D eigenvalue weighted by atomic mass is 10.7. The van der Waals surface area contributed by atoms with Crippen molar-refractivity contribution in [3.05, 3.63) is 47.1 Å². The van der Waals surface area contributed by atoms with Crippen molar-refractivity contribution in [1.82, 2.24) is 0 Å². The number of hydrogen-bond donors (Lipinski definition) is 0. The van der Waals surface area contributed by atoms with E-state index >= 15 is 0 Å². The third-order valence-electron chi connectivity index (χ3n) is 1.82. The summed E-state index contributed by atoms with van der Waals surface area (Å²) in [6.45, 7) is 8.33. The van der Waals surface area contributed by atoms with Crippen LogP contribution in [0.2, 0.25) is 0 Å². The van der Waals surface area contributed by atoms with Gasteiger partial charge in [0.25, 0.3) is 0 Å². The summed E-state index contributed by atoms with van der Waals surface area (Å²) < 4.78 is 0. The molecular formula is C12H20Si. The average Bonchev–Trinajstić information content (AvgIpc) is 2.06. The molecule has 1 heteroatoms. The summed E-state index contributed by atoms with van der Waals surface area (Å²) >= 11 is 0. The van der Waals surface area contributed by atoms with Crippen LogP contribution in [0.3, 0.4) is 0 Å². The van der Waals surface area contributed by atoms with Crippen LogP contribution in [-0.2, 0) is 0 Å². The fourth-order valence-corrected chi connectivity index (χ4v) is 4.46. The molecule has 0 saturated carbocycles. The standard InChI is InChI=1S/C12H20Si/c1-5-9-13(10-6-2,11-7-3)12-8-4/h5-12H,1-4H3. The number of hydrogen-bond acceptors (Lipinski definition) is 0. The summed E-state index contributed by atoms with van der Waals surface area (Å²) in [6.07, 6.45) is 8.58. The highest BCUT2D eigenvalue weighted by molar-refractivity contribution is 6.97. The summed E-state index contributed by atoms with van der Waals surface area (Å²) in [5, 5.41) is 0. The van der Waals surface area contributed by atoms with Crippen LogP contribution in [0.5, 0.6) is 0 Å². The topological polar surface area (TPSA) is 0 Å². The van der Waals surface area contributed by atoms with Gasteiger partial charge >= 0.3 is 0 Å². The summed E-state index contributed by atoms with van der Waals surface area (Å²) in [7, 11) is -1.52. The minimum atomic E-state index is -1.52. The Morgan fingerprint density at radius 2 is 0.769 bits per heavy atom. The highest BCUT2D eigenvalue weighted by Gasteiger charge is 2.17. The zero-order valence-corrected chi connectivity index (χ0v) is 10.1. The van der Waals surface area contributed by atoms with E-state index in [1.165, 1.54) is 0 Å². The van der Waals surface area contributed by atoms with Crippen molar-refractivity contribution in [2.75, 3.05) is 0 Å². The van der Waals surface area contributed by atoms with Gasteiger partial charge in [-0.1, -0.05) is 47.1 Å². The molecule has 0 N–H and O–H groups in total. The molecule has 0 spiro atoms. The lowest BCUT2D eigenvalue weighted by Crippen LogP contribution is -2.24. The van der Waals surface area contributed by atoms with E-state index in [-0.39, 0.29) is 0 Å². The molecule has 0 amide bonds. The molecule has 0 unspecified atom stereocenters. The molecule has 0 rings (SSSR count). The molecule has 0 aliphatic rings. The molecule has 0 bridgehead atoms. The van der Waals surface area contributed by atoms with E-state index in [0.29, 0.717) is 0 Å². The van der Waals surface area contributed by atoms with Gasteiger partial charge in [0.2, 0.25) is 0 Å². The zero-order chi connectivity index (χ0) is 10.2. The van der Waals surface area contributed by atoms with Gasteiger partial charge in [0.1, 0.15) is 8.07 Å². The first-order valence-corrected chi connectivity index (χ1v) is 7.11. The minimum absolute atomic E-state index is 1.52. The quantitative estimate of drug-likeness (QED) is 0.593. The first kappa shape index (κ1) is 12.2. The SMILES string of the molecule is CC=C[Si](C=CC)(C=CC)C=CC. The third-order valence-corrected chi connectivity index (χ3v) is 5.46. The number of allylic oxidation sites excluding steroid dienone is 4. The monoisotopic (exact) mass is 192 g/mol. The molecular weight excluding hydrogens is 172 g/mol. The molecule has 13 heavy (non-hydrogen) atoms. The van der Waals surface area contributed by atoms with Gasteiger partial charge in [-0.15, -0.1) is 0 Å². The van der Waals surface area contributed by atoms with Gasteiger partial charge in [-0.05, 0) is 27.7 Å². The largest absolute Gasteiger partial charge is 0.149 e. The van der Waals surface area contributed by atoms with Crippen LogP contribution in [0, 0.1) is 0 Å². The second kappa shape index (κ2) is 6.67. The predicted molar refractivity (Wildman–Crippen MR) is 65.0 cm³/mol. The van der Waals surface area contributed by atoms with E-state index in [1.807, 2.05) is 0 Å². The highest BCUT2D eigenvalue weighted by atomic mass is 28.3. The first-order valence-electron chi connectivity index (χ1n) is 4.80. The maximum Gasteiger partial charge on any atom is 0.149 e. The fourth-order valence-electron chi connectivity index (χ4n) is 1.49. The normalized spacial score (nSPS) is 18.2. The lowest BCUT2D eigenvalue weighted by Gasteiger charge is -2.15. The van der Waals surface area contributed by atoms with Crippen molar-refractivity contribution >= 4 is 8.07 Å². The Bertz CT molecular complexity index is 178. The third kappa shape index (κ3) is 4.09. The molecule has 0 saturated heterocycles. The lowest BCUT2D eigenvalue weighted by molar-refractivity contribution is 1.69. The Hall–Kier alpha value is -0.823. The van der Waals surface area contributed by atoms with Crippen LogP contribution >= 0.6 is 0 Å². The summed E-state index contributed by atoms with van der Waals surface area (Å²) in [5.74, 6) is 0. The highest BCUT2D eigenvalue weighted by Crippen LogP contribution is 2.11. The Labute approximate surface area is 83.4 Å². The smallest absolute Gasteiger partial charge is 0.0946 e. The van der Waals surface area contributed by atoms with Crippen molar-refractivity contribution in [1.29, 1.82) is 0 Å². The van der Waals surface area contributed by atoms with Crippen LogP contribution in [0.1, 0.15) is 27.7 Å². The Balaban J connectivity index is 5.02. The van der Waals surface area contributed by atoms with Crippen LogP contribution in [0.4, 0.5) is 0 Å². The van der Waals surface area contributed by atoms with Crippen LogP contribution in [-0.4, -0.2) is 8.07 Å². The van der Waals surface area contributed by atoms with Gasteiger partial charge in [0.15, 0.2) is 0 Å². The molecule has 0 nitrogen and oxygen atoms in total. The van der Waals surface area contributed by atoms with Gasteiger partial charge in [-0.2, -0.15) is 0 Å². The first-order chi connectivity index (χ1) is 6.24. The summed E-state index contributed by atoms with van der Waals surface area (Å²) in [5.41, 5.74) is 9.31. The molecule has 0 radical (unpaired) electrons. The molecule has 0 aliphatic heterocycles. The van der Waals surface area contributed by atoms with Gasteiger partial charge in [-0.25, -0.2) is 0 Å². The molecule has 0 fully saturated rings. The second-order valence-electron chi connectivity index (χ2n) is 3.00. The van der Waals surface area contributed by atoms with Crippen LogP contribution in [0.15, 0.2) is 47.1 Å². The van der Waals surface area contributed by atoms with Gasteiger partial charge in [0, 0.05) is 0 Å². The van der Waals surface area contributed by atoms with Crippen LogP contribution < -0.4 is 0 Å². The van der Waals surface area contributed by atoms with E-state index < -0.39 is 8.07 Å². The van der Waals surface area contributed by atoms with E-state index in [0.717, 1.165) is 0 Å². The predicted octanol–water partition coefficient (Wildman–Crippen LogP) is 3.90. The molecule has 72 valence electrons. The van der Waals surface area contributed by atoms with Crippen molar-refractivity contribution in [3.63, 3.8) is 0 Å². The van der Waals surface area contributed by atoms with E-state index in [4.69, 9.17) is 0 Å². The molecule has 0 aromatic heterocycles. The van der Waals surface area contributed by atoms with Crippen molar-refractivity contribution < 1.29 is 0 Å². The Morgan fingerprint density at radius 3 is 0.923 bits per heavy atom. The van der Waals surface area contributed by atoms with Crippen molar-refractivity contribution in [2.45, 2.75) is 27.7 Å². The average molecular weight is 192 g/mol. The Kier molecular flexibility index (Phi) is 6.24. The summed E-state index contributed by atoms with van der Waals surface area (Å²) in [4.78, 5) is 0. The molecule has 0 aromatic carbocycles. The fraction of sp³-hybridized carbons (Fsp3) is 0.333. The summed E-state index contributed by atoms with van der Waals surface area (Å²) in [6, 6.07) is 0. The van der Waals surface area contributed by atoms with Gasteiger partial charge in [-0.3, -0.25) is 0 Å². The van der Waals surface area contributed by atoms with E-state index in [2.05, 4.69) is 74.8 Å². The maximum atomic E-state index is 2.33. The Morgan fingerprint density at radius 1 is 0.538 bits per heavy atom. The molecule has 0 atom stereocenters. The second-order valence-corrected chi connectivity index (χ2v) is 6.33. The van der Waals surface area contributed by atoms with Gasteiger partial charge < -0.3 is 0 Å². The molecule has 0 aromatic rings. The molecule has 0 heterocycles. The van der Waals surface area contributed by atoms with Crippen molar-refractivity contribution in [2.24, 2.45) is 0 Å². The maximum absolute atomic E-state index is 2.33.